The number of hydrogen-bond donors (Lipinski definition) is 1. The van der Waals surface area contributed by atoms with Gasteiger partial charge in [-0.15, -0.1) is 11.3 Å². The molecule has 0 aliphatic rings. The van der Waals surface area contributed by atoms with Gasteiger partial charge in [0.1, 0.15) is 0 Å². The Bertz CT molecular complexity index is 280. The van der Waals surface area contributed by atoms with Crippen LogP contribution in [0.4, 0.5) is 0 Å². The Labute approximate surface area is 105 Å². The predicted molar refractivity (Wildman–Crippen MR) is 68.2 cm³/mol. The molecular formula is C9H13Br2NOS. The van der Waals surface area contributed by atoms with Gasteiger partial charge in [0.15, 0.2) is 0 Å². The summed E-state index contributed by atoms with van der Waals surface area (Å²) in [7, 11) is 2.01. The average molecular weight is 343 g/mol. The number of aliphatic hydroxyl groups is 1. The van der Waals surface area contributed by atoms with E-state index in [1.165, 1.54) is 5.56 Å². The quantitative estimate of drug-likeness (QED) is 0.831. The van der Waals surface area contributed by atoms with Crippen molar-refractivity contribution in [1.82, 2.24) is 4.90 Å². The van der Waals surface area contributed by atoms with Crippen LogP contribution in [0, 0.1) is 0 Å². The molecule has 0 aromatic carbocycles. The van der Waals surface area contributed by atoms with Crippen molar-refractivity contribution in [2.75, 3.05) is 18.9 Å². The van der Waals surface area contributed by atoms with Crippen molar-refractivity contribution in [2.45, 2.75) is 12.6 Å². The summed E-state index contributed by atoms with van der Waals surface area (Å²) >= 11 is 8.37. The fraction of sp³-hybridized carbons (Fsp3) is 0.556. The summed E-state index contributed by atoms with van der Waals surface area (Å²) in [5, 5.41) is 12.2. The van der Waals surface area contributed by atoms with Gasteiger partial charge in [0, 0.05) is 18.4 Å². The number of thiophene rings is 1. The number of hydrogen-bond acceptors (Lipinski definition) is 3. The fourth-order valence-electron chi connectivity index (χ4n) is 1.21. The lowest BCUT2D eigenvalue weighted by molar-refractivity contribution is 0.143. The van der Waals surface area contributed by atoms with Gasteiger partial charge >= 0.3 is 0 Å². The minimum atomic E-state index is -0.290. The van der Waals surface area contributed by atoms with Gasteiger partial charge in [-0.25, -0.2) is 0 Å². The smallest absolute Gasteiger partial charge is 0.0763 e. The number of aliphatic hydroxyl groups excluding tert-OH is 1. The highest BCUT2D eigenvalue weighted by molar-refractivity contribution is 9.11. The molecule has 0 saturated carbocycles. The maximum Gasteiger partial charge on any atom is 0.0763 e. The van der Waals surface area contributed by atoms with Crippen molar-refractivity contribution in [3.8, 4) is 0 Å². The van der Waals surface area contributed by atoms with E-state index < -0.39 is 0 Å². The molecule has 1 unspecified atom stereocenters. The Morgan fingerprint density at radius 1 is 1.64 bits per heavy atom. The number of likely N-dealkylation sites (N-methyl/N-ethyl adjacent to an activating group) is 1. The van der Waals surface area contributed by atoms with Gasteiger partial charge < -0.3 is 5.11 Å². The van der Waals surface area contributed by atoms with Crippen molar-refractivity contribution in [3.05, 3.63) is 20.8 Å². The molecule has 1 rings (SSSR count). The molecule has 1 aromatic heterocycles. The first-order chi connectivity index (χ1) is 6.61. The van der Waals surface area contributed by atoms with E-state index in [0.29, 0.717) is 11.9 Å². The van der Waals surface area contributed by atoms with Gasteiger partial charge in [-0.1, -0.05) is 15.9 Å². The van der Waals surface area contributed by atoms with Crippen LogP contribution in [0.2, 0.25) is 0 Å². The van der Waals surface area contributed by atoms with Crippen molar-refractivity contribution in [2.24, 2.45) is 0 Å². The van der Waals surface area contributed by atoms with Crippen LogP contribution in [0.15, 0.2) is 15.2 Å². The molecule has 2 nitrogen and oxygen atoms in total. The Morgan fingerprint density at radius 3 is 2.86 bits per heavy atom. The molecular weight excluding hydrogens is 330 g/mol. The third-order valence-corrected chi connectivity index (χ3v) is 4.08. The summed E-state index contributed by atoms with van der Waals surface area (Å²) in [6, 6.07) is 2.11. The maximum atomic E-state index is 9.42. The van der Waals surface area contributed by atoms with Crippen LogP contribution in [-0.2, 0) is 6.54 Å². The lowest BCUT2D eigenvalue weighted by Crippen LogP contribution is -2.29. The van der Waals surface area contributed by atoms with Gasteiger partial charge in [0.25, 0.3) is 0 Å². The monoisotopic (exact) mass is 341 g/mol. The second-order valence-electron chi connectivity index (χ2n) is 3.26. The molecule has 1 N–H and O–H groups in total. The second-order valence-corrected chi connectivity index (χ2v) is 6.20. The Balaban J connectivity index is 2.37. The minimum absolute atomic E-state index is 0.290. The van der Waals surface area contributed by atoms with Gasteiger partial charge in [-0.05, 0) is 40.0 Å². The van der Waals surface area contributed by atoms with Crippen molar-refractivity contribution >= 4 is 43.2 Å². The van der Waals surface area contributed by atoms with Crippen LogP contribution in [0.25, 0.3) is 0 Å². The van der Waals surface area contributed by atoms with Crippen LogP contribution >= 0.6 is 43.2 Å². The maximum absolute atomic E-state index is 9.42. The molecule has 1 aromatic rings. The van der Waals surface area contributed by atoms with E-state index >= 15 is 0 Å². The molecule has 0 bridgehead atoms. The summed E-state index contributed by atoms with van der Waals surface area (Å²) in [5.41, 5.74) is 1.28. The number of alkyl halides is 1. The second kappa shape index (κ2) is 6.23. The van der Waals surface area contributed by atoms with E-state index in [1.807, 2.05) is 7.05 Å². The molecule has 14 heavy (non-hydrogen) atoms. The van der Waals surface area contributed by atoms with Crippen LogP contribution in [-0.4, -0.2) is 35.0 Å². The first-order valence-electron chi connectivity index (χ1n) is 4.27. The van der Waals surface area contributed by atoms with E-state index in [9.17, 15) is 5.11 Å². The van der Waals surface area contributed by atoms with E-state index in [4.69, 9.17) is 0 Å². The highest BCUT2D eigenvalue weighted by Crippen LogP contribution is 2.21. The summed E-state index contributed by atoms with van der Waals surface area (Å²) in [6.45, 7) is 1.57. The van der Waals surface area contributed by atoms with Crippen molar-refractivity contribution < 1.29 is 5.11 Å². The van der Waals surface area contributed by atoms with E-state index in [0.717, 1.165) is 10.3 Å². The summed E-state index contributed by atoms with van der Waals surface area (Å²) in [4.78, 5) is 2.11. The van der Waals surface area contributed by atoms with Crippen LogP contribution in [0.5, 0.6) is 0 Å². The van der Waals surface area contributed by atoms with Crippen LogP contribution in [0.3, 0.4) is 0 Å². The van der Waals surface area contributed by atoms with E-state index in [1.54, 1.807) is 11.3 Å². The van der Waals surface area contributed by atoms with E-state index in [-0.39, 0.29) is 6.10 Å². The van der Waals surface area contributed by atoms with E-state index in [2.05, 4.69) is 48.2 Å². The van der Waals surface area contributed by atoms with Gasteiger partial charge in [-0.3, -0.25) is 4.90 Å². The Morgan fingerprint density at radius 2 is 2.36 bits per heavy atom. The summed E-state index contributed by atoms with van der Waals surface area (Å²) in [5.74, 6) is 0. The predicted octanol–water partition coefficient (Wildman–Crippen LogP) is 2.70. The lowest BCUT2D eigenvalue weighted by atomic mass is 10.3. The van der Waals surface area contributed by atoms with Gasteiger partial charge in [-0.2, -0.15) is 0 Å². The Hall–Kier alpha value is 0.580. The molecule has 0 amide bonds. The summed E-state index contributed by atoms with van der Waals surface area (Å²) < 4.78 is 1.15. The average Bonchev–Trinajstić information content (AvgIpc) is 2.50. The van der Waals surface area contributed by atoms with Gasteiger partial charge in [0.2, 0.25) is 0 Å². The topological polar surface area (TPSA) is 23.5 Å². The molecule has 5 heteroatoms. The normalized spacial score (nSPS) is 13.5. The third kappa shape index (κ3) is 4.40. The Kier molecular flexibility index (Phi) is 5.62. The molecule has 1 heterocycles. The molecule has 0 fully saturated rings. The first kappa shape index (κ1) is 12.6. The molecule has 0 aliphatic heterocycles. The lowest BCUT2D eigenvalue weighted by Gasteiger charge is -2.18. The number of halogens is 2. The summed E-state index contributed by atoms with van der Waals surface area (Å²) in [6.07, 6.45) is -0.290. The molecule has 0 spiro atoms. The minimum Gasteiger partial charge on any atom is -0.391 e. The fourth-order valence-corrected chi connectivity index (χ4v) is 2.62. The largest absolute Gasteiger partial charge is 0.391 e. The zero-order valence-electron chi connectivity index (χ0n) is 7.91. The van der Waals surface area contributed by atoms with Crippen molar-refractivity contribution in [3.63, 3.8) is 0 Å². The standard InChI is InChI=1S/C9H13Br2NOS/c1-12(5-8(13)3-10)4-7-2-9(11)14-6-7/h2,6,8,13H,3-5H2,1H3. The molecule has 1 atom stereocenters. The number of rotatable bonds is 5. The van der Waals surface area contributed by atoms with Crippen LogP contribution < -0.4 is 0 Å². The molecule has 0 radical (unpaired) electrons. The highest BCUT2D eigenvalue weighted by Gasteiger charge is 2.07. The molecule has 0 aliphatic carbocycles. The molecule has 0 saturated heterocycles. The first-order valence-corrected chi connectivity index (χ1v) is 7.06. The zero-order chi connectivity index (χ0) is 10.6. The zero-order valence-corrected chi connectivity index (χ0v) is 11.9. The van der Waals surface area contributed by atoms with Crippen molar-refractivity contribution in [1.29, 1.82) is 0 Å². The third-order valence-electron chi connectivity index (χ3n) is 1.77. The highest BCUT2D eigenvalue weighted by atomic mass is 79.9. The van der Waals surface area contributed by atoms with Gasteiger partial charge in [0.05, 0.1) is 9.89 Å². The number of nitrogens with zero attached hydrogens (tertiary/aromatic N) is 1. The van der Waals surface area contributed by atoms with Crippen LogP contribution in [0.1, 0.15) is 5.56 Å². The SMILES string of the molecule is CN(Cc1csc(Br)c1)CC(O)CBr. The molecule has 80 valence electrons.